The first kappa shape index (κ1) is 49.2. The highest BCUT2D eigenvalue weighted by atomic mass is 16.7. The first-order valence-corrected chi connectivity index (χ1v) is 26.5. The molecule has 4 heterocycles. The molecular formula is C58H72O12. The number of esters is 2. The number of benzene rings is 4. The van der Waals surface area contributed by atoms with Gasteiger partial charge in [0.1, 0.15) is 57.1 Å². The van der Waals surface area contributed by atoms with E-state index in [0.29, 0.717) is 52.4 Å². The summed E-state index contributed by atoms with van der Waals surface area (Å²) < 4.78 is 65.2. The second-order valence-electron chi connectivity index (χ2n) is 19.3. The Morgan fingerprint density at radius 2 is 0.629 bits per heavy atom. The van der Waals surface area contributed by atoms with Gasteiger partial charge >= 0.3 is 11.9 Å². The Balaban J connectivity index is 1.47. The van der Waals surface area contributed by atoms with Crippen LogP contribution in [0, 0.1) is 0 Å². The Morgan fingerprint density at radius 3 is 0.929 bits per heavy atom. The maximum absolute atomic E-state index is 14.8. The normalized spacial score (nSPS) is 18.8. The molecule has 0 aromatic heterocycles. The van der Waals surface area contributed by atoms with Crippen LogP contribution in [0.2, 0.25) is 0 Å². The molecule has 1 aliphatic carbocycles. The molecule has 0 fully saturated rings. The largest absolute Gasteiger partial charge is 0.462 e. The Labute approximate surface area is 413 Å². The minimum Gasteiger partial charge on any atom is -0.462 e. The molecule has 5 aliphatic rings. The Bertz CT molecular complexity index is 2370. The number of rotatable bonds is 20. The van der Waals surface area contributed by atoms with Crippen molar-refractivity contribution in [1.29, 1.82) is 0 Å². The van der Waals surface area contributed by atoms with Crippen LogP contribution in [0.15, 0.2) is 36.4 Å². The zero-order valence-corrected chi connectivity index (χ0v) is 42.2. The van der Waals surface area contributed by atoms with E-state index < -0.39 is 17.9 Å². The van der Waals surface area contributed by atoms with Crippen LogP contribution in [-0.2, 0) is 9.47 Å². The lowest BCUT2D eigenvalue weighted by Crippen LogP contribution is -2.26. The van der Waals surface area contributed by atoms with Crippen molar-refractivity contribution in [2.24, 2.45) is 0 Å². The summed E-state index contributed by atoms with van der Waals surface area (Å²) in [6, 6.07) is 13.2. The van der Waals surface area contributed by atoms with E-state index in [0.717, 1.165) is 141 Å². The molecule has 0 radical (unpaired) electrons. The standard InChI is InChI=1S/C58H72O12/c1-7-13-17-21-35-39-25-41-36(22-18-14-8-2)43-27-45-38(24-20-16-10-4)46-28-44-37(23-19-15-9-3)42-26-40(35)48-30-50(42)66-33-68-54(44)52(58(60)62-12-6)56(46)70-34-69-55(45)51(57(59)61-11-5)53(43)67-32-65-49(41)29-47(39)63-31-64-48/h25-30,35-38H,7-24,31-34H2,1-6H3. The van der Waals surface area contributed by atoms with Gasteiger partial charge in [-0.3, -0.25) is 0 Å². The summed E-state index contributed by atoms with van der Waals surface area (Å²) in [6.45, 7) is 12.0. The topological polar surface area (TPSA) is 126 Å². The molecule has 2 atom stereocenters. The Morgan fingerprint density at radius 1 is 0.371 bits per heavy atom. The van der Waals surface area contributed by atoms with Crippen molar-refractivity contribution >= 4 is 11.9 Å². The molecule has 12 heteroatoms. The molecule has 0 spiro atoms. The second-order valence-corrected chi connectivity index (χ2v) is 19.3. The highest BCUT2D eigenvalue weighted by Crippen LogP contribution is 2.57. The van der Waals surface area contributed by atoms with Gasteiger partial charge < -0.3 is 47.4 Å². The molecular weight excluding hydrogens is 889 g/mol. The summed E-state index contributed by atoms with van der Waals surface area (Å²) in [5, 5.41) is 0. The number of hydrogen-bond donors (Lipinski definition) is 0. The minimum absolute atomic E-state index is 0.0265. The van der Waals surface area contributed by atoms with Gasteiger partial charge in [-0.25, -0.2) is 9.59 Å². The summed E-state index contributed by atoms with van der Waals surface area (Å²) in [6.07, 6.45) is 14.9. The van der Waals surface area contributed by atoms with Crippen LogP contribution in [0.3, 0.4) is 0 Å². The van der Waals surface area contributed by atoms with E-state index in [4.69, 9.17) is 47.4 Å². The third-order valence-electron chi connectivity index (χ3n) is 14.9. The smallest absolute Gasteiger partial charge is 0.345 e. The number of hydrogen-bond acceptors (Lipinski definition) is 12. The Kier molecular flexibility index (Phi) is 15.8. The maximum Gasteiger partial charge on any atom is 0.345 e. The molecule has 12 nitrogen and oxygen atoms in total. The van der Waals surface area contributed by atoms with Gasteiger partial charge in [0.05, 0.1) is 13.2 Å². The van der Waals surface area contributed by atoms with E-state index in [9.17, 15) is 9.59 Å². The fourth-order valence-electron chi connectivity index (χ4n) is 11.5. The van der Waals surface area contributed by atoms with Crippen molar-refractivity contribution in [3.8, 4) is 46.0 Å². The average molecular weight is 961 g/mol. The predicted octanol–water partition coefficient (Wildman–Crippen LogP) is 14.1. The second kappa shape index (κ2) is 22.5. The van der Waals surface area contributed by atoms with Gasteiger partial charge in [0.25, 0.3) is 0 Å². The van der Waals surface area contributed by atoms with Gasteiger partial charge in [0.15, 0.2) is 0 Å². The van der Waals surface area contributed by atoms with E-state index in [-0.39, 0.29) is 69.3 Å². The quantitative estimate of drug-likeness (QED) is 0.0618. The fourth-order valence-corrected chi connectivity index (χ4v) is 11.5. The molecule has 0 N–H and O–H groups in total. The highest BCUT2D eigenvalue weighted by Gasteiger charge is 2.42. The molecule has 4 aromatic carbocycles. The predicted molar refractivity (Wildman–Crippen MR) is 266 cm³/mol. The fraction of sp³-hybridized carbons (Fsp3) is 0.552. The minimum atomic E-state index is -0.554. The SMILES string of the molecule is CCCCCC1c2cc3c4cc2OCOc2cc5c(cc21)C(CCCCC)c1cc2c(c(C(=O)OCC)c1OCO5)OCOc1c(cc(c(c1C(=O)OCC)OCO4)C3CCCCC)C2CCCCC. The zero-order valence-electron chi connectivity index (χ0n) is 42.2. The first-order valence-electron chi connectivity index (χ1n) is 26.5. The summed E-state index contributed by atoms with van der Waals surface area (Å²) >= 11 is 0. The molecule has 8 bridgehead atoms. The van der Waals surface area contributed by atoms with Gasteiger partial charge in [0.2, 0.25) is 27.2 Å². The summed E-state index contributed by atoms with van der Waals surface area (Å²) in [7, 11) is 0. The van der Waals surface area contributed by atoms with Gasteiger partial charge in [-0.05, 0) is 63.8 Å². The van der Waals surface area contributed by atoms with Gasteiger partial charge in [-0.1, -0.05) is 105 Å². The molecule has 70 heavy (non-hydrogen) atoms. The molecule has 2 unspecified atom stereocenters. The van der Waals surface area contributed by atoms with Crippen molar-refractivity contribution in [3.05, 3.63) is 92.0 Å². The summed E-state index contributed by atoms with van der Waals surface area (Å²) in [5.74, 6) is 1.98. The average Bonchev–Trinajstić information content (AvgIpc) is 3.33. The monoisotopic (exact) mass is 961 g/mol. The van der Waals surface area contributed by atoms with E-state index >= 15 is 0 Å². The van der Waals surface area contributed by atoms with Crippen molar-refractivity contribution in [1.82, 2.24) is 0 Å². The number of ether oxygens (including phenoxy) is 10. The van der Waals surface area contributed by atoms with E-state index in [2.05, 4.69) is 52.0 Å². The Hall–Kier alpha value is -5.78. The lowest BCUT2D eigenvalue weighted by molar-refractivity contribution is 0.0492. The third-order valence-corrected chi connectivity index (χ3v) is 14.9. The lowest BCUT2D eigenvalue weighted by atomic mass is 9.75. The van der Waals surface area contributed by atoms with E-state index in [1.165, 1.54) is 0 Å². The summed E-state index contributed by atoms with van der Waals surface area (Å²) in [5.41, 5.74) is 7.89. The molecule has 4 aromatic rings. The molecule has 9 rings (SSSR count). The summed E-state index contributed by atoms with van der Waals surface area (Å²) in [4.78, 5) is 29.5. The van der Waals surface area contributed by atoms with Crippen LogP contribution >= 0.6 is 0 Å². The number of carbonyl (C=O) groups excluding carboxylic acids is 2. The van der Waals surface area contributed by atoms with Crippen LogP contribution in [-0.4, -0.2) is 52.3 Å². The number of carbonyl (C=O) groups is 2. The van der Waals surface area contributed by atoms with Crippen LogP contribution in [0.25, 0.3) is 0 Å². The maximum atomic E-state index is 14.8. The highest BCUT2D eigenvalue weighted by molar-refractivity contribution is 5.99. The molecule has 0 amide bonds. The third kappa shape index (κ3) is 9.56. The van der Waals surface area contributed by atoms with Crippen molar-refractivity contribution in [2.75, 3.05) is 40.4 Å². The van der Waals surface area contributed by atoms with E-state index in [1.54, 1.807) is 13.8 Å². The van der Waals surface area contributed by atoms with Crippen LogP contribution in [0.5, 0.6) is 46.0 Å². The zero-order chi connectivity index (χ0) is 48.7. The van der Waals surface area contributed by atoms with E-state index in [1.807, 2.05) is 12.1 Å². The lowest BCUT2D eigenvalue weighted by Gasteiger charge is -2.36. The van der Waals surface area contributed by atoms with Gasteiger partial charge in [0, 0.05) is 80.3 Å². The van der Waals surface area contributed by atoms with Crippen molar-refractivity contribution in [3.63, 3.8) is 0 Å². The molecule has 0 saturated heterocycles. The van der Waals surface area contributed by atoms with Crippen LogP contribution < -0.4 is 37.9 Å². The van der Waals surface area contributed by atoms with Crippen molar-refractivity contribution < 1.29 is 57.0 Å². The first-order chi connectivity index (χ1) is 34.3. The molecule has 4 aliphatic heterocycles. The molecule has 376 valence electrons. The van der Waals surface area contributed by atoms with Crippen LogP contribution in [0.1, 0.15) is 233 Å². The van der Waals surface area contributed by atoms with Crippen LogP contribution in [0.4, 0.5) is 0 Å². The number of unbranched alkanes of at least 4 members (excludes halogenated alkanes) is 8. The van der Waals surface area contributed by atoms with Gasteiger partial charge in [-0.2, -0.15) is 0 Å². The van der Waals surface area contributed by atoms with Gasteiger partial charge in [-0.15, -0.1) is 0 Å². The molecule has 0 saturated carbocycles. The van der Waals surface area contributed by atoms with Crippen molar-refractivity contribution in [2.45, 2.75) is 168 Å².